The third kappa shape index (κ3) is 4.34. The van der Waals surface area contributed by atoms with Crippen LogP contribution in [-0.2, 0) is 9.59 Å². The molecule has 1 saturated heterocycles. The van der Waals surface area contributed by atoms with Gasteiger partial charge in [0.25, 0.3) is 0 Å². The summed E-state index contributed by atoms with van der Waals surface area (Å²) < 4.78 is 0. The Labute approximate surface area is 134 Å². The van der Waals surface area contributed by atoms with Crippen molar-refractivity contribution in [1.82, 2.24) is 9.80 Å². The van der Waals surface area contributed by atoms with E-state index >= 15 is 0 Å². The van der Waals surface area contributed by atoms with Crippen LogP contribution in [0, 0.1) is 5.92 Å². The van der Waals surface area contributed by atoms with Crippen LogP contribution in [0.3, 0.4) is 0 Å². The normalized spacial score (nSPS) is 21.1. The average molecular weight is 306 g/mol. The van der Waals surface area contributed by atoms with Crippen LogP contribution in [0.25, 0.3) is 0 Å². The van der Waals surface area contributed by atoms with Crippen LogP contribution in [-0.4, -0.2) is 41.8 Å². The second-order valence-corrected chi connectivity index (χ2v) is 6.56. The fourth-order valence-corrected chi connectivity index (χ4v) is 3.50. The fraction of sp³-hybridized carbons (Fsp3) is 0.778. The Morgan fingerprint density at radius 3 is 2.73 bits per heavy atom. The predicted molar refractivity (Wildman–Crippen MR) is 88.2 cm³/mol. The fourth-order valence-electron chi connectivity index (χ4n) is 3.50. The van der Waals surface area contributed by atoms with E-state index in [9.17, 15) is 9.59 Å². The minimum atomic E-state index is 0.183. The van der Waals surface area contributed by atoms with E-state index in [2.05, 4.69) is 6.08 Å². The van der Waals surface area contributed by atoms with E-state index in [1.54, 1.807) is 4.90 Å². The second kappa shape index (κ2) is 8.35. The SMILES string of the molecule is CCN(C)C(=O)CCCCC(=O)N1CCCC2CCCC=C21. The number of piperidine rings is 1. The Balaban J connectivity index is 1.75. The number of carbonyl (C=O) groups excluding carboxylic acids is 2. The minimum Gasteiger partial charge on any atom is -0.346 e. The van der Waals surface area contributed by atoms with Gasteiger partial charge in [-0.3, -0.25) is 9.59 Å². The molecule has 1 fully saturated rings. The molecule has 22 heavy (non-hydrogen) atoms. The summed E-state index contributed by atoms with van der Waals surface area (Å²) in [6.07, 6.45) is 11.0. The van der Waals surface area contributed by atoms with Crippen molar-refractivity contribution in [3.8, 4) is 0 Å². The molecule has 0 aromatic heterocycles. The average Bonchev–Trinajstić information content (AvgIpc) is 2.56. The molecule has 2 amide bonds. The van der Waals surface area contributed by atoms with Crippen molar-refractivity contribution in [1.29, 1.82) is 0 Å². The highest BCUT2D eigenvalue weighted by Crippen LogP contribution is 2.35. The van der Waals surface area contributed by atoms with Gasteiger partial charge in [-0.25, -0.2) is 0 Å². The number of hydrogen-bond acceptors (Lipinski definition) is 2. The molecule has 2 rings (SSSR count). The number of unbranched alkanes of at least 4 members (excludes halogenated alkanes) is 1. The van der Waals surface area contributed by atoms with Crippen molar-refractivity contribution in [3.05, 3.63) is 11.8 Å². The van der Waals surface area contributed by atoms with Gasteiger partial charge in [-0.05, 0) is 57.8 Å². The van der Waals surface area contributed by atoms with E-state index in [-0.39, 0.29) is 11.8 Å². The molecule has 0 aromatic rings. The molecule has 124 valence electrons. The van der Waals surface area contributed by atoms with Crippen LogP contribution in [0.1, 0.15) is 64.7 Å². The van der Waals surface area contributed by atoms with E-state index in [0.29, 0.717) is 18.8 Å². The number of fused-ring (bicyclic) bond motifs is 1. The van der Waals surface area contributed by atoms with E-state index in [0.717, 1.165) is 38.8 Å². The summed E-state index contributed by atoms with van der Waals surface area (Å²) in [7, 11) is 1.83. The first-order chi connectivity index (χ1) is 10.6. The minimum absolute atomic E-state index is 0.183. The van der Waals surface area contributed by atoms with Gasteiger partial charge in [0.15, 0.2) is 0 Å². The monoisotopic (exact) mass is 306 g/mol. The van der Waals surface area contributed by atoms with Crippen LogP contribution in [0.2, 0.25) is 0 Å². The summed E-state index contributed by atoms with van der Waals surface area (Å²) in [6.45, 7) is 3.62. The first kappa shape index (κ1) is 17.0. The molecular formula is C18H30N2O2. The van der Waals surface area contributed by atoms with Crippen molar-refractivity contribution in [2.24, 2.45) is 5.92 Å². The molecule has 0 N–H and O–H groups in total. The summed E-state index contributed by atoms with van der Waals surface area (Å²) in [5.74, 6) is 1.06. The lowest BCUT2D eigenvalue weighted by Crippen LogP contribution is -2.38. The van der Waals surface area contributed by atoms with Gasteiger partial charge >= 0.3 is 0 Å². The number of allylic oxidation sites excluding steroid dienone is 2. The first-order valence-corrected chi connectivity index (χ1v) is 8.88. The summed E-state index contributed by atoms with van der Waals surface area (Å²) in [4.78, 5) is 28.0. The maximum Gasteiger partial charge on any atom is 0.226 e. The van der Waals surface area contributed by atoms with E-state index < -0.39 is 0 Å². The number of carbonyl (C=O) groups is 2. The van der Waals surface area contributed by atoms with Crippen LogP contribution in [0.4, 0.5) is 0 Å². The lowest BCUT2D eigenvalue weighted by molar-refractivity contribution is -0.132. The summed E-state index contributed by atoms with van der Waals surface area (Å²) in [5.41, 5.74) is 1.30. The van der Waals surface area contributed by atoms with Crippen LogP contribution in [0.5, 0.6) is 0 Å². The van der Waals surface area contributed by atoms with Crippen molar-refractivity contribution >= 4 is 11.8 Å². The summed E-state index contributed by atoms with van der Waals surface area (Å²) in [6, 6.07) is 0. The number of amides is 2. The van der Waals surface area contributed by atoms with Crippen molar-refractivity contribution in [3.63, 3.8) is 0 Å². The lowest BCUT2D eigenvalue weighted by atomic mass is 9.85. The quantitative estimate of drug-likeness (QED) is 0.706. The van der Waals surface area contributed by atoms with Gasteiger partial charge < -0.3 is 9.80 Å². The molecule has 1 aliphatic carbocycles. The smallest absolute Gasteiger partial charge is 0.226 e. The predicted octanol–water partition coefficient (Wildman–Crippen LogP) is 3.33. The Morgan fingerprint density at radius 2 is 1.95 bits per heavy atom. The maximum absolute atomic E-state index is 12.5. The Morgan fingerprint density at radius 1 is 1.23 bits per heavy atom. The molecule has 0 spiro atoms. The zero-order valence-corrected chi connectivity index (χ0v) is 14.1. The number of nitrogens with zero attached hydrogens (tertiary/aromatic N) is 2. The topological polar surface area (TPSA) is 40.6 Å². The third-order valence-electron chi connectivity index (χ3n) is 5.01. The molecular weight excluding hydrogens is 276 g/mol. The van der Waals surface area contributed by atoms with E-state index in [4.69, 9.17) is 0 Å². The van der Waals surface area contributed by atoms with Crippen molar-refractivity contribution in [2.75, 3.05) is 20.1 Å². The highest BCUT2D eigenvalue weighted by Gasteiger charge is 2.29. The van der Waals surface area contributed by atoms with Gasteiger partial charge in [-0.15, -0.1) is 0 Å². The Kier molecular flexibility index (Phi) is 6.47. The molecule has 1 atom stereocenters. The lowest BCUT2D eigenvalue weighted by Gasteiger charge is -2.38. The van der Waals surface area contributed by atoms with Gasteiger partial charge in [0.2, 0.25) is 11.8 Å². The molecule has 1 unspecified atom stereocenters. The first-order valence-electron chi connectivity index (χ1n) is 8.88. The van der Waals surface area contributed by atoms with E-state index in [1.807, 2.05) is 18.9 Å². The maximum atomic E-state index is 12.5. The summed E-state index contributed by atoms with van der Waals surface area (Å²) in [5, 5.41) is 0. The largest absolute Gasteiger partial charge is 0.346 e. The molecule has 0 radical (unpaired) electrons. The molecule has 4 heteroatoms. The molecule has 1 heterocycles. The van der Waals surface area contributed by atoms with Gasteiger partial charge in [0.05, 0.1) is 0 Å². The number of rotatable bonds is 6. The standard InChI is InChI=1S/C18H30N2O2/c1-3-19(2)17(21)12-6-7-13-18(22)20-14-8-10-15-9-4-5-11-16(15)20/h11,15H,3-10,12-14H2,1-2H3. The number of likely N-dealkylation sites (tertiary alicyclic amines) is 1. The zero-order valence-electron chi connectivity index (χ0n) is 14.1. The van der Waals surface area contributed by atoms with Crippen LogP contribution < -0.4 is 0 Å². The molecule has 0 bridgehead atoms. The van der Waals surface area contributed by atoms with Crippen molar-refractivity contribution < 1.29 is 9.59 Å². The highest BCUT2D eigenvalue weighted by molar-refractivity contribution is 5.78. The summed E-state index contributed by atoms with van der Waals surface area (Å²) >= 11 is 0. The number of hydrogen-bond donors (Lipinski definition) is 0. The third-order valence-corrected chi connectivity index (χ3v) is 5.01. The van der Waals surface area contributed by atoms with Gasteiger partial charge in [-0.1, -0.05) is 6.08 Å². The van der Waals surface area contributed by atoms with Crippen LogP contribution in [0.15, 0.2) is 11.8 Å². The molecule has 4 nitrogen and oxygen atoms in total. The van der Waals surface area contributed by atoms with E-state index in [1.165, 1.54) is 25.0 Å². The van der Waals surface area contributed by atoms with Crippen molar-refractivity contribution in [2.45, 2.75) is 64.7 Å². The second-order valence-electron chi connectivity index (χ2n) is 6.56. The molecule has 1 aliphatic heterocycles. The van der Waals surface area contributed by atoms with Gasteiger partial charge in [-0.2, -0.15) is 0 Å². The molecule has 0 saturated carbocycles. The van der Waals surface area contributed by atoms with Crippen LogP contribution >= 0.6 is 0 Å². The van der Waals surface area contributed by atoms with Gasteiger partial charge in [0.1, 0.15) is 0 Å². The Hall–Kier alpha value is -1.32. The Bertz CT molecular complexity index is 431. The molecule has 0 aromatic carbocycles. The highest BCUT2D eigenvalue weighted by atomic mass is 16.2. The molecule has 2 aliphatic rings. The zero-order chi connectivity index (χ0) is 15.9. The van der Waals surface area contributed by atoms with Gasteiger partial charge in [0, 0.05) is 38.7 Å².